The molecule has 5 nitrogen and oxygen atoms in total. The summed E-state index contributed by atoms with van der Waals surface area (Å²) in [5, 5.41) is 14.3. The van der Waals surface area contributed by atoms with Crippen LogP contribution in [-0.4, -0.2) is 24.9 Å². The van der Waals surface area contributed by atoms with Gasteiger partial charge in [0.15, 0.2) is 0 Å². The summed E-state index contributed by atoms with van der Waals surface area (Å²) in [6.07, 6.45) is 2.42. The molecule has 1 aliphatic carbocycles. The SMILES string of the molecule is CCC(C)(C#N)C(=O)NCCNC(=O)C1CC1. The lowest BCUT2D eigenvalue weighted by Crippen LogP contribution is -2.41. The monoisotopic (exact) mass is 237 g/mol. The zero-order valence-corrected chi connectivity index (χ0v) is 10.4. The van der Waals surface area contributed by atoms with Crippen molar-refractivity contribution in [3.8, 4) is 6.07 Å². The Hall–Kier alpha value is -1.57. The Balaban J connectivity index is 2.19. The lowest BCUT2D eigenvalue weighted by molar-refractivity contribution is -0.128. The summed E-state index contributed by atoms with van der Waals surface area (Å²) in [4.78, 5) is 23.0. The van der Waals surface area contributed by atoms with E-state index in [1.807, 2.05) is 6.07 Å². The molecule has 94 valence electrons. The number of nitrogens with one attached hydrogen (secondary N) is 2. The van der Waals surface area contributed by atoms with Gasteiger partial charge in [0, 0.05) is 19.0 Å². The second-order valence-corrected chi connectivity index (χ2v) is 4.62. The van der Waals surface area contributed by atoms with Gasteiger partial charge < -0.3 is 10.6 Å². The minimum Gasteiger partial charge on any atom is -0.354 e. The van der Waals surface area contributed by atoms with Crippen molar-refractivity contribution >= 4 is 11.8 Å². The highest BCUT2D eigenvalue weighted by Crippen LogP contribution is 2.28. The second-order valence-electron chi connectivity index (χ2n) is 4.62. The average molecular weight is 237 g/mol. The van der Waals surface area contributed by atoms with Gasteiger partial charge in [0.05, 0.1) is 6.07 Å². The minimum atomic E-state index is -0.972. The van der Waals surface area contributed by atoms with Crippen molar-refractivity contribution in [2.45, 2.75) is 33.1 Å². The van der Waals surface area contributed by atoms with Gasteiger partial charge in [-0.1, -0.05) is 6.92 Å². The van der Waals surface area contributed by atoms with Gasteiger partial charge >= 0.3 is 0 Å². The molecule has 1 saturated carbocycles. The first-order valence-corrected chi connectivity index (χ1v) is 6.00. The molecule has 17 heavy (non-hydrogen) atoms. The molecule has 0 aromatic rings. The standard InChI is InChI=1S/C12H19N3O2/c1-3-12(2,8-13)11(17)15-7-6-14-10(16)9-4-5-9/h9H,3-7H2,1-2H3,(H,14,16)(H,15,17). The molecule has 0 radical (unpaired) electrons. The van der Waals surface area contributed by atoms with Gasteiger partial charge in [-0.25, -0.2) is 0 Å². The predicted octanol–water partition coefficient (Wildman–Crippen LogP) is 0.569. The highest BCUT2D eigenvalue weighted by molar-refractivity contribution is 5.85. The highest BCUT2D eigenvalue weighted by Gasteiger charge is 2.31. The quantitative estimate of drug-likeness (QED) is 0.662. The van der Waals surface area contributed by atoms with Crippen molar-refractivity contribution < 1.29 is 9.59 Å². The molecule has 1 aliphatic rings. The third-order valence-corrected chi connectivity index (χ3v) is 3.11. The summed E-state index contributed by atoms with van der Waals surface area (Å²) in [6.45, 7) is 4.21. The second kappa shape index (κ2) is 5.67. The smallest absolute Gasteiger partial charge is 0.240 e. The maximum Gasteiger partial charge on any atom is 0.240 e. The molecule has 1 fully saturated rings. The molecular formula is C12H19N3O2. The lowest BCUT2D eigenvalue weighted by Gasteiger charge is -2.18. The van der Waals surface area contributed by atoms with Crippen LogP contribution in [-0.2, 0) is 9.59 Å². The maximum atomic E-state index is 11.7. The summed E-state index contributed by atoms with van der Waals surface area (Å²) < 4.78 is 0. The number of rotatable bonds is 6. The van der Waals surface area contributed by atoms with Crippen LogP contribution in [0.4, 0.5) is 0 Å². The van der Waals surface area contributed by atoms with Crippen LogP contribution in [0.1, 0.15) is 33.1 Å². The topological polar surface area (TPSA) is 82.0 Å². The van der Waals surface area contributed by atoms with Gasteiger partial charge in [0.2, 0.25) is 11.8 Å². The number of carbonyl (C=O) groups is 2. The molecule has 2 N–H and O–H groups in total. The number of nitrogens with zero attached hydrogens (tertiary/aromatic N) is 1. The number of hydrogen-bond acceptors (Lipinski definition) is 3. The van der Waals surface area contributed by atoms with E-state index < -0.39 is 5.41 Å². The zero-order chi connectivity index (χ0) is 12.9. The van der Waals surface area contributed by atoms with Crippen molar-refractivity contribution in [3.05, 3.63) is 0 Å². The Bertz CT molecular complexity index is 344. The Morgan fingerprint density at radius 3 is 2.41 bits per heavy atom. The molecule has 0 aromatic carbocycles. The summed E-state index contributed by atoms with van der Waals surface area (Å²) >= 11 is 0. The van der Waals surface area contributed by atoms with Crippen LogP contribution in [0.3, 0.4) is 0 Å². The molecule has 2 amide bonds. The Kier molecular flexibility index (Phi) is 4.50. The van der Waals surface area contributed by atoms with E-state index in [0.717, 1.165) is 12.8 Å². The maximum absolute atomic E-state index is 11.7. The van der Waals surface area contributed by atoms with Crippen molar-refractivity contribution in [1.82, 2.24) is 10.6 Å². The number of nitriles is 1. The third kappa shape index (κ3) is 3.74. The molecular weight excluding hydrogens is 218 g/mol. The van der Waals surface area contributed by atoms with Gasteiger partial charge in [-0.3, -0.25) is 9.59 Å². The molecule has 0 heterocycles. The predicted molar refractivity (Wildman–Crippen MR) is 62.8 cm³/mol. The molecule has 0 saturated heterocycles. The van der Waals surface area contributed by atoms with Crippen LogP contribution in [0.25, 0.3) is 0 Å². The molecule has 1 atom stereocenters. The van der Waals surface area contributed by atoms with Crippen molar-refractivity contribution in [1.29, 1.82) is 5.26 Å². The first-order chi connectivity index (χ1) is 8.03. The summed E-state index contributed by atoms with van der Waals surface area (Å²) in [6, 6.07) is 2.01. The van der Waals surface area contributed by atoms with E-state index in [2.05, 4.69) is 10.6 Å². The van der Waals surface area contributed by atoms with Crippen LogP contribution < -0.4 is 10.6 Å². The third-order valence-electron chi connectivity index (χ3n) is 3.11. The van der Waals surface area contributed by atoms with Gasteiger partial charge in [0.1, 0.15) is 5.41 Å². The Morgan fingerprint density at radius 2 is 1.94 bits per heavy atom. The molecule has 1 rings (SSSR count). The lowest BCUT2D eigenvalue weighted by atomic mass is 9.88. The Morgan fingerprint density at radius 1 is 1.35 bits per heavy atom. The van der Waals surface area contributed by atoms with E-state index in [9.17, 15) is 9.59 Å². The summed E-state index contributed by atoms with van der Waals surface area (Å²) in [5.74, 6) is -0.0216. The van der Waals surface area contributed by atoms with E-state index in [0.29, 0.717) is 19.5 Å². The number of amides is 2. The first-order valence-electron chi connectivity index (χ1n) is 6.00. The van der Waals surface area contributed by atoms with Crippen LogP contribution >= 0.6 is 0 Å². The highest BCUT2D eigenvalue weighted by atomic mass is 16.2. The molecule has 0 bridgehead atoms. The van der Waals surface area contributed by atoms with Crippen molar-refractivity contribution in [3.63, 3.8) is 0 Å². The average Bonchev–Trinajstić information content (AvgIpc) is 3.17. The fourth-order valence-corrected chi connectivity index (χ4v) is 1.34. The van der Waals surface area contributed by atoms with Gasteiger partial charge in [-0.15, -0.1) is 0 Å². The number of carbonyl (C=O) groups excluding carboxylic acids is 2. The fourth-order valence-electron chi connectivity index (χ4n) is 1.34. The van der Waals surface area contributed by atoms with E-state index in [4.69, 9.17) is 5.26 Å². The zero-order valence-electron chi connectivity index (χ0n) is 10.4. The van der Waals surface area contributed by atoms with Crippen molar-refractivity contribution in [2.75, 3.05) is 13.1 Å². The molecule has 1 unspecified atom stereocenters. The fraction of sp³-hybridized carbons (Fsp3) is 0.750. The first kappa shape index (κ1) is 13.5. The van der Waals surface area contributed by atoms with Crippen LogP contribution in [0.2, 0.25) is 0 Å². The normalized spacial score (nSPS) is 17.7. The van der Waals surface area contributed by atoms with Crippen LogP contribution in [0.5, 0.6) is 0 Å². The Labute approximate surface area is 102 Å². The molecule has 5 heteroatoms. The van der Waals surface area contributed by atoms with E-state index in [-0.39, 0.29) is 17.7 Å². The summed E-state index contributed by atoms with van der Waals surface area (Å²) in [5.41, 5.74) is -0.972. The van der Waals surface area contributed by atoms with Gasteiger partial charge in [-0.2, -0.15) is 5.26 Å². The largest absolute Gasteiger partial charge is 0.354 e. The van der Waals surface area contributed by atoms with E-state index in [1.54, 1.807) is 13.8 Å². The molecule has 0 spiro atoms. The van der Waals surface area contributed by atoms with Crippen LogP contribution in [0, 0.1) is 22.7 Å². The van der Waals surface area contributed by atoms with Gasteiger partial charge in [0.25, 0.3) is 0 Å². The van der Waals surface area contributed by atoms with E-state index in [1.165, 1.54) is 0 Å². The van der Waals surface area contributed by atoms with Gasteiger partial charge in [-0.05, 0) is 26.2 Å². The summed E-state index contributed by atoms with van der Waals surface area (Å²) in [7, 11) is 0. The van der Waals surface area contributed by atoms with E-state index >= 15 is 0 Å². The minimum absolute atomic E-state index is 0.0674. The molecule has 0 aliphatic heterocycles. The number of hydrogen-bond donors (Lipinski definition) is 2. The van der Waals surface area contributed by atoms with Crippen LogP contribution in [0.15, 0.2) is 0 Å². The van der Waals surface area contributed by atoms with Crippen molar-refractivity contribution in [2.24, 2.45) is 11.3 Å². The molecule has 0 aromatic heterocycles.